The summed E-state index contributed by atoms with van der Waals surface area (Å²) in [6.45, 7) is 2.44. The van der Waals surface area contributed by atoms with Gasteiger partial charge in [0.2, 0.25) is 17.7 Å². The van der Waals surface area contributed by atoms with Gasteiger partial charge in [0.25, 0.3) is 5.56 Å². The molecule has 8 heteroatoms. The summed E-state index contributed by atoms with van der Waals surface area (Å²) in [5.74, 6) is -0.471. The standard InChI is InChI=1S/C19H26N4O4/c1-2-20-19(27)15-10-14(21-18(26)13-6-5-7-13)11-23(15)17(25)12-22-9-4-3-8-16(22)24/h3-4,8-9,13-15H,2,5-7,10-12H2,1H3,(H,20,27)(H,21,26)/t14-,15-/m0/s1. The Bertz CT molecular complexity index is 771. The summed E-state index contributed by atoms with van der Waals surface area (Å²) in [6, 6.07) is 3.80. The van der Waals surface area contributed by atoms with Crippen molar-refractivity contribution in [3.8, 4) is 0 Å². The van der Waals surface area contributed by atoms with Crippen LogP contribution in [0.3, 0.4) is 0 Å². The fourth-order valence-corrected chi connectivity index (χ4v) is 3.57. The van der Waals surface area contributed by atoms with Crippen LogP contribution in [0, 0.1) is 5.92 Å². The number of aromatic nitrogens is 1. The Kier molecular flexibility index (Phi) is 5.93. The minimum Gasteiger partial charge on any atom is -0.355 e. The largest absolute Gasteiger partial charge is 0.355 e. The Morgan fingerprint density at radius 3 is 2.59 bits per heavy atom. The van der Waals surface area contributed by atoms with Gasteiger partial charge in [-0.1, -0.05) is 12.5 Å². The van der Waals surface area contributed by atoms with Gasteiger partial charge >= 0.3 is 0 Å². The molecule has 1 aromatic rings. The van der Waals surface area contributed by atoms with E-state index in [1.807, 2.05) is 6.92 Å². The van der Waals surface area contributed by atoms with Crippen LogP contribution in [0.2, 0.25) is 0 Å². The van der Waals surface area contributed by atoms with Crippen molar-refractivity contribution in [3.63, 3.8) is 0 Å². The molecular weight excluding hydrogens is 348 g/mol. The van der Waals surface area contributed by atoms with Crippen LogP contribution in [-0.2, 0) is 20.9 Å². The van der Waals surface area contributed by atoms with Gasteiger partial charge in [-0.15, -0.1) is 0 Å². The van der Waals surface area contributed by atoms with Gasteiger partial charge in [0.05, 0.1) is 0 Å². The van der Waals surface area contributed by atoms with E-state index < -0.39 is 6.04 Å². The number of carbonyl (C=O) groups is 3. The van der Waals surface area contributed by atoms with E-state index in [0.29, 0.717) is 13.0 Å². The summed E-state index contributed by atoms with van der Waals surface area (Å²) < 4.78 is 1.32. The number of pyridine rings is 1. The highest BCUT2D eigenvalue weighted by atomic mass is 16.2. The molecule has 146 valence electrons. The molecule has 0 spiro atoms. The number of nitrogens with zero attached hydrogens (tertiary/aromatic N) is 2. The summed E-state index contributed by atoms with van der Waals surface area (Å²) in [7, 11) is 0. The highest BCUT2D eigenvalue weighted by Crippen LogP contribution is 2.27. The number of carbonyl (C=O) groups excluding carboxylic acids is 3. The molecule has 1 aromatic heterocycles. The van der Waals surface area contributed by atoms with E-state index in [9.17, 15) is 19.2 Å². The summed E-state index contributed by atoms with van der Waals surface area (Å²) >= 11 is 0. The van der Waals surface area contributed by atoms with E-state index in [-0.39, 0.29) is 48.3 Å². The smallest absolute Gasteiger partial charge is 0.250 e. The fourth-order valence-electron chi connectivity index (χ4n) is 3.57. The van der Waals surface area contributed by atoms with E-state index in [2.05, 4.69) is 10.6 Å². The van der Waals surface area contributed by atoms with Gasteiger partial charge in [0.15, 0.2) is 0 Å². The van der Waals surface area contributed by atoms with Crippen LogP contribution in [0.25, 0.3) is 0 Å². The maximum Gasteiger partial charge on any atom is 0.250 e. The van der Waals surface area contributed by atoms with Crippen LogP contribution in [0.4, 0.5) is 0 Å². The molecule has 2 N–H and O–H groups in total. The predicted octanol–water partition coefficient (Wildman–Crippen LogP) is -0.130. The Morgan fingerprint density at radius 2 is 1.96 bits per heavy atom. The molecule has 1 aliphatic carbocycles. The summed E-state index contributed by atoms with van der Waals surface area (Å²) in [6.07, 6.45) is 4.81. The van der Waals surface area contributed by atoms with Gasteiger partial charge in [-0.05, 0) is 32.3 Å². The molecule has 8 nitrogen and oxygen atoms in total. The molecule has 2 aliphatic rings. The highest BCUT2D eigenvalue weighted by Gasteiger charge is 2.40. The number of hydrogen-bond acceptors (Lipinski definition) is 4. The second-order valence-corrected chi connectivity index (χ2v) is 7.19. The van der Waals surface area contributed by atoms with Gasteiger partial charge in [0.1, 0.15) is 12.6 Å². The lowest BCUT2D eigenvalue weighted by molar-refractivity contribution is -0.139. The first-order chi connectivity index (χ1) is 13.0. The van der Waals surface area contributed by atoms with Crippen LogP contribution >= 0.6 is 0 Å². The maximum atomic E-state index is 12.8. The van der Waals surface area contributed by atoms with Crippen molar-refractivity contribution in [1.82, 2.24) is 20.1 Å². The molecule has 0 aromatic carbocycles. The molecule has 1 saturated carbocycles. The zero-order valence-electron chi connectivity index (χ0n) is 15.5. The van der Waals surface area contributed by atoms with Gasteiger partial charge in [0, 0.05) is 37.3 Å². The Balaban J connectivity index is 1.70. The Hall–Kier alpha value is -2.64. The summed E-state index contributed by atoms with van der Waals surface area (Å²) in [4.78, 5) is 50.8. The molecule has 27 heavy (non-hydrogen) atoms. The lowest BCUT2D eigenvalue weighted by Gasteiger charge is -2.26. The fraction of sp³-hybridized carbons (Fsp3) is 0.579. The van der Waals surface area contributed by atoms with Crippen molar-refractivity contribution >= 4 is 17.7 Å². The van der Waals surface area contributed by atoms with E-state index in [0.717, 1.165) is 19.3 Å². The normalized spacial score (nSPS) is 22.2. The summed E-state index contributed by atoms with van der Waals surface area (Å²) in [5.41, 5.74) is -0.269. The minimum atomic E-state index is -0.636. The zero-order chi connectivity index (χ0) is 19.4. The van der Waals surface area contributed by atoms with E-state index >= 15 is 0 Å². The van der Waals surface area contributed by atoms with Crippen LogP contribution < -0.4 is 16.2 Å². The van der Waals surface area contributed by atoms with Gasteiger partial charge in [-0.2, -0.15) is 0 Å². The molecule has 3 rings (SSSR count). The minimum absolute atomic E-state index is 0.00878. The van der Waals surface area contributed by atoms with Crippen LogP contribution in [0.15, 0.2) is 29.2 Å². The number of amides is 3. The van der Waals surface area contributed by atoms with Crippen LogP contribution in [0.1, 0.15) is 32.6 Å². The van der Waals surface area contributed by atoms with Crippen LogP contribution in [0.5, 0.6) is 0 Å². The van der Waals surface area contributed by atoms with E-state index in [1.165, 1.54) is 15.5 Å². The topological polar surface area (TPSA) is 101 Å². The third-order valence-electron chi connectivity index (χ3n) is 5.30. The van der Waals surface area contributed by atoms with Gasteiger partial charge in [-0.3, -0.25) is 19.2 Å². The average Bonchev–Trinajstić information content (AvgIpc) is 2.99. The number of likely N-dealkylation sites (tertiary alicyclic amines) is 1. The number of rotatable bonds is 6. The van der Waals surface area contributed by atoms with Gasteiger partial charge < -0.3 is 20.1 Å². The van der Waals surface area contributed by atoms with Crippen molar-refractivity contribution in [2.75, 3.05) is 13.1 Å². The number of hydrogen-bond donors (Lipinski definition) is 2. The molecular formula is C19H26N4O4. The number of likely N-dealkylation sites (N-methyl/N-ethyl adjacent to an activating group) is 1. The van der Waals surface area contributed by atoms with Crippen molar-refractivity contribution in [3.05, 3.63) is 34.7 Å². The van der Waals surface area contributed by atoms with Crippen molar-refractivity contribution in [1.29, 1.82) is 0 Å². The second kappa shape index (κ2) is 8.37. The van der Waals surface area contributed by atoms with Crippen molar-refractivity contribution in [2.45, 2.75) is 51.2 Å². The first kappa shape index (κ1) is 19.1. The third-order valence-corrected chi connectivity index (χ3v) is 5.30. The molecule has 2 heterocycles. The highest BCUT2D eigenvalue weighted by molar-refractivity contribution is 5.89. The summed E-state index contributed by atoms with van der Waals surface area (Å²) in [5, 5.41) is 5.74. The molecule has 2 atom stereocenters. The van der Waals surface area contributed by atoms with Crippen molar-refractivity contribution in [2.24, 2.45) is 5.92 Å². The third kappa shape index (κ3) is 4.37. The predicted molar refractivity (Wildman–Crippen MR) is 98.8 cm³/mol. The van der Waals surface area contributed by atoms with Gasteiger partial charge in [-0.25, -0.2) is 0 Å². The first-order valence-corrected chi connectivity index (χ1v) is 9.52. The van der Waals surface area contributed by atoms with Crippen molar-refractivity contribution < 1.29 is 14.4 Å². The Labute approximate surface area is 157 Å². The molecule has 2 fully saturated rings. The second-order valence-electron chi connectivity index (χ2n) is 7.19. The van der Waals surface area contributed by atoms with E-state index in [4.69, 9.17) is 0 Å². The van der Waals surface area contributed by atoms with Crippen LogP contribution in [-0.4, -0.2) is 52.4 Å². The number of nitrogens with one attached hydrogen (secondary N) is 2. The molecule has 3 amide bonds. The average molecular weight is 374 g/mol. The zero-order valence-corrected chi connectivity index (χ0v) is 15.5. The van der Waals surface area contributed by atoms with E-state index in [1.54, 1.807) is 18.3 Å². The molecule has 0 radical (unpaired) electrons. The Morgan fingerprint density at radius 1 is 1.19 bits per heavy atom. The quantitative estimate of drug-likeness (QED) is 0.724. The lowest BCUT2D eigenvalue weighted by Crippen LogP contribution is -2.47. The molecule has 1 saturated heterocycles. The molecule has 0 bridgehead atoms. The monoisotopic (exact) mass is 374 g/mol. The molecule has 1 aliphatic heterocycles. The maximum absolute atomic E-state index is 12.8. The first-order valence-electron chi connectivity index (χ1n) is 9.52. The lowest BCUT2D eigenvalue weighted by atomic mass is 9.84. The SMILES string of the molecule is CCNC(=O)[C@@H]1C[C@H](NC(=O)C2CCC2)CN1C(=O)Cn1ccccc1=O. The molecule has 0 unspecified atom stereocenters.